The van der Waals surface area contributed by atoms with Gasteiger partial charge in [0.1, 0.15) is 5.82 Å². The van der Waals surface area contributed by atoms with Crippen LogP contribution in [0.4, 0.5) is 4.39 Å². The molecular weight excluding hydrogens is 223 g/mol. The Hall–Kier alpha value is -1.34. The third-order valence-electron chi connectivity index (χ3n) is 2.58. The molecule has 0 unspecified atom stereocenters. The fourth-order valence-electron chi connectivity index (χ4n) is 1.68. The molecule has 0 amide bonds. The zero-order valence-electron chi connectivity index (χ0n) is 9.00. The topological polar surface area (TPSA) is 0 Å². The van der Waals surface area contributed by atoms with E-state index in [0.29, 0.717) is 5.02 Å². The van der Waals surface area contributed by atoms with Crippen LogP contribution in [0.2, 0.25) is 5.02 Å². The Morgan fingerprint density at radius 3 is 2.62 bits per heavy atom. The molecule has 0 radical (unpaired) electrons. The average molecular weight is 235 g/mol. The molecule has 0 saturated carbocycles. The van der Waals surface area contributed by atoms with Crippen molar-refractivity contribution in [1.29, 1.82) is 0 Å². The minimum Gasteiger partial charge on any atom is -0.207 e. The van der Waals surface area contributed by atoms with Crippen LogP contribution in [0.1, 0.15) is 12.5 Å². The van der Waals surface area contributed by atoms with Crippen LogP contribution in [0.15, 0.2) is 42.5 Å². The lowest BCUT2D eigenvalue weighted by atomic mass is 10.0. The minimum atomic E-state index is -0.305. The van der Waals surface area contributed by atoms with Crippen molar-refractivity contribution >= 4 is 11.6 Å². The van der Waals surface area contributed by atoms with Crippen molar-refractivity contribution in [3.63, 3.8) is 0 Å². The van der Waals surface area contributed by atoms with Gasteiger partial charge in [-0.3, -0.25) is 0 Å². The predicted molar refractivity (Wildman–Crippen MR) is 66.2 cm³/mol. The molecule has 16 heavy (non-hydrogen) atoms. The van der Waals surface area contributed by atoms with Gasteiger partial charge in [0.25, 0.3) is 0 Å². The smallest absolute Gasteiger partial charge is 0.124 e. The van der Waals surface area contributed by atoms with Crippen LogP contribution < -0.4 is 0 Å². The lowest BCUT2D eigenvalue weighted by Gasteiger charge is -2.06. The van der Waals surface area contributed by atoms with E-state index in [1.165, 1.54) is 17.7 Å². The molecule has 2 rings (SSSR count). The molecule has 0 aliphatic rings. The summed E-state index contributed by atoms with van der Waals surface area (Å²) >= 11 is 6.02. The van der Waals surface area contributed by atoms with Gasteiger partial charge in [-0.15, -0.1) is 0 Å². The number of rotatable bonds is 2. The van der Waals surface area contributed by atoms with Crippen molar-refractivity contribution in [3.05, 3.63) is 58.9 Å². The largest absolute Gasteiger partial charge is 0.207 e. The Labute approximate surface area is 99.7 Å². The first-order chi connectivity index (χ1) is 7.70. The standard InChI is InChI=1S/C14H12ClF/c1-2-10-4-3-5-11(8-10)13-7-6-12(16)9-14(13)15/h3-9H,2H2,1H3. The van der Waals surface area contributed by atoms with E-state index in [0.717, 1.165) is 17.5 Å². The summed E-state index contributed by atoms with van der Waals surface area (Å²) in [5.41, 5.74) is 3.15. The molecule has 2 aromatic rings. The molecule has 0 N–H and O–H groups in total. The lowest BCUT2D eigenvalue weighted by molar-refractivity contribution is 0.628. The molecule has 0 aliphatic carbocycles. The van der Waals surface area contributed by atoms with Gasteiger partial charge in [-0.05, 0) is 35.7 Å². The zero-order chi connectivity index (χ0) is 11.5. The van der Waals surface area contributed by atoms with Gasteiger partial charge in [-0.2, -0.15) is 0 Å². The van der Waals surface area contributed by atoms with Crippen LogP contribution in [0.3, 0.4) is 0 Å². The number of hydrogen-bond donors (Lipinski definition) is 0. The minimum absolute atomic E-state index is 0.305. The third kappa shape index (κ3) is 2.25. The van der Waals surface area contributed by atoms with Crippen molar-refractivity contribution in [1.82, 2.24) is 0 Å². The first-order valence-electron chi connectivity index (χ1n) is 5.25. The Balaban J connectivity index is 2.49. The van der Waals surface area contributed by atoms with Crippen LogP contribution >= 0.6 is 11.6 Å². The highest BCUT2D eigenvalue weighted by Gasteiger charge is 2.04. The van der Waals surface area contributed by atoms with Crippen LogP contribution in [0.5, 0.6) is 0 Å². The van der Waals surface area contributed by atoms with Crippen molar-refractivity contribution in [2.75, 3.05) is 0 Å². The number of halogens is 2. The number of benzene rings is 2. The first-order valence-corrected chi connectivity index (χ1v) is 5.63. The van der Waals surface area contributed by atoms with Crippen molar-refractivity contribution in [2.45, 2.75) is 13.3 Å². The number of aryl methyl sites for hydroxylation is 1. The van der Waals surface area contributed by atoms with Crippen LogP contribution in [0.25, 0.3) is 11.1 Å². The van der Waals surface area contributed by atoms with Gasteiger partial charge in [0.2, 0.25) is 0 Å². The zero-order valence-corrected chi connectivity index (χ0v) is 9.76. The monoisotopic (exact) mass is 234 g/mol. The van der Waals surface area contributed by atoms with Gasteiger partial charge in [0.15, 0.2) is 0 Å². The number of hydrogen-bond acceptors (Lipinski definition) is 0. The molecule has 0 atom stereocenters. The Morgan fingerprint density at radius 1 is 1.12 bits per heavy atom. The molecule has 0 heterocycles. The van der Waals surface area contributed by atoms with E-state index in [4.69, 9.17) is 11.6 Å². The second-order valence-corrected chi connectivity index (χ2v) is 4.09. The maximum atomic E-state index is 12.9. The van der Waals surface area contributed by atoms with Gasteiger partial charge in [0.05, 0.1) is 5.02 Å². The molecule has 0 spiro atoms. The Morgan fingerprint density at radius 2 is 1.94 bits per heavy atom. The van der Waals surface area contributed by atoms with Crippen molar-refractivity contribution in [3.8, 4) is 11.1 Å². The molecule has 0 bridgehead atoms. The highest BCUT2D eigenvalue weighted by molar-refractivity contribution is 6.33. The third-order valence-corrected chi connectivity index (χ3v) is 2.89. The molecule has 82 valence electrons. The summed E-state index contributed by atoms with van der Waals surface area (Å²) in [5.74, 6) is -0.305. The molecule has 0 saturated heterocycles. The highest BCUT2D eigenvalue weighted by atomic mass is 35.5. The molecule has 0 aromatic heterocycles. The predicted octanol–water partition coefficient (Wildman–Crippen LogP) is 4.71. The second kappa shape index (κ2) is 4.67. The van der Waals surface area contributed by atoms with E-state index in [1.54, 1.807) is 6.07 Å². The lowest BCUT2D eigenvalue weighted by Crippen LogP contribution is -1.84. The summed E-state index contributed by atoms with van der Waals surface area (Å²) in [5, 5.41) is 0.452. The summed E-state index contributed by atoms with van der Waals surface area (Å²) in [6.07, 6.45) is 0.979. The van der Waals surface area contributed by atoms with Gasteiger partial charge in [-0.1, -0.05) is 42.8 Å². The quantitative estimate of drug-likeness (QED) is 0.706. The van der Waals surface area contributed by atoms with Crippen molar-refractivity contribution < 1.29 is 4.39 Å². The summed E-state index contributed by atoms with van der Waals surface area (Å²) in [6.45, 7) is 2.10. The van der Waals surface area contributed by atoms with E-state index in [9.17, 15) is 4.39 Å². The molecular formula is C14H12ClF. The van der Waals surface area contributed by atoms with E-state index < -0.39 is 0 Å². The van der Waals surface area contributed by atoms with Crippen LogP contribution in [-0.2, 0) is 6.42 Å². The van der Waals surface area contributed by atoms with Gasteiger partial charge in [0, 0.05) is 5.56 Å². The van der Waals surface area contributed by atoms with E-state index in [-0.39, 0.29) is 5.82 Å². The molecule has 0 fully saturated rings. The molecule has 0 nitrogen and oxygen atoms in total. The van der Waals surface area contributed by atoms with E-state index in [2.05, 4.69) is 19.1 Å². The molecule has 0 aliphatic heterocycles. The Bertz CT molecular complexity index is 506. The average Bonchev–Trinajstić information content (AvgIpc) is 2.29. The maximum Gasteiger partial charge on any atom is 0.124 e. The first kappa shape index (κ1) is 11.2. The van der Waals surface area contributed by atoms with Crippen molar-refractivity contribution in [2.24, 2.45) is 0 Å². The normalized spacial score (nSPS) is 10.4. The van der Waals surface area contributed by atoms with Crippen LogP contribution in [0, 0.1) is 5.82 Å². The molecule has 2 heteroatoms. The van der Waals surface area contributed by atoms with E-state index in [1.807, 2.05) is 12.1 Å². The van der Waals surface area contributed by atoms with E-state index >= 15 is 0 Å². The second-order valence-electron chi connectivity index (χ2n) is 3.68. The summed E-state index contributed by atoms with van der Waals surface area (Å²) in [4.78, 5) is 0. The fourth-order valence-corrected chi connectivity index (χ4v) is 1.96. The van der Waals surface area contributed by atoms with Crippen LogP contribution in [-0.4, -0.2) is 0 Å². The van der Waals surface area contributed by atoms with Gasteiger partial charge >= 0.3 is 0 Å². The fraction of sp³-hybridized carbons (Fsp3) is 0.143. The summed E-state index contributed by atoms with van der Waals surface area (Å²) in [7, 11) is 0. The maximum absolute atomic E-state index is 12.9. The highest BCUT2D eigenvalue weighted by Crippen LogP contribution is 2.28. The summed E-state index contributed by atoms with van der Waals surface area (Å²) < 4.78 is 12.9. The SMILES string of the molecule is CCc1cccc(-c2ccc(F)cc2Cl)c1. The van der Waals surface area contributed by atoms with Gasteiger partial charge < -0.3 is 0 Å². The summed E-state index contributed by atoms with van der Waals surface area (Å²) in [6, 6.07) is 12.6. The Kier molecular flexibility index (Phi) is 3.25. The molecule has 2 aromatic carbocycles. The van der Waals surface area contributed by atoms with Gasteiger partial charge in [-0.25, -0.2) is 4.39 Å².